The number of phenols is 1. The number of aliphatic hydroxyl groups is 1. The van der Waals surface area contributed by atoms with Crippen LogP contribution in [0.15, 0.2) is 77.8 Å². The van der Waals surface area contributed by atoms with Crippen molar-refractivity contribution in [3.8, 4) is 5.75 Å². The van der Waals surface area contributed by atoms with Gasteiger partial charge in [-0.3, -0.25) is 4.99 Å². The molecule has 0 amide bonds. The Hall–Kier alpha value is -2.91. The van der Waals surface area contributed by atoms with E-state index in [0.717, 1.165) is 22.3 Å². The molecule has 0 saturated carbocycles. The van der Waals surface area contributed by atoms with E-state index in [4.69, 9.17) is 4.99 Å². The van der Waals surface area contributed by atoms with E-state index in [9.17, 15) is 10.2 Å². The molecule has 35 heavy (non-hydrogen) atoms. The lowest BCUT2D eigenvalue weighted by atomic mass is 9.76. The number of aromatic hydroxyl groups is 1. The Morgan fingerprint density at radius 1 is 0.714 bits per heavy atom. The van der Waals surface area contributed by atoms with Crippen molar-refractivity contribution in [3.63, 3.8) is 0 Å². The summed E-state index contributed by atoms with van der Waals surface area (Å²) in [6.07, 6.45) is 1.75. The smallest absolute Gasteiger partial charge is 0.137 e. The summed E-state index contributed by atoms with van der Waals surface area (Å²) in [5.41, 5.74) is 2.68. The highest BCUT2D eigenvalue weighted by Gasteiger charge is 2.41. The van der Waals surface area contributed by atoms with Gasteiger partial charge in [-0.2, -0.15) is 0 Å². The average molecular weight is 472 g/mol. The number of hydrogen-bond acceptors (Lipinski definition) is 3. The van der Waals surface area contributed by atoms with Crippen molar-refractivity contribution in [3.05, 3.63) is 101 Å². The van der Waals surface area contributed by atoms with Crippen molar-refractivity contribution in [1.29, 1.82) is 0 Å². The van der Waals surface area contributed by atoms with Crippen LogP contribution < -0.4 is 0 Å². The maximum absolute atomic E-state index is 12.3. The quantitative estimate of drug-likeness (QED) is 0.369. The molecule has 3 aromatic carbocycles. The lowest BCUT2D eigenvalue weighted by Crippen LogP contribution is -2.42. The van der Waals surface area contributed by atoms with Crippen LogP contribution in [0.5, 0.6) is 5.75 Å². The van der Waals surface area contributed by atoms with E-state index in [1.165, 1.54) is 0 Å². The normalized spacial score (nSPS) is 14.0. The molecule has 3 heteroatoms. The molecule has 1 atom stereocenters. The summed E-state index contributed by atoms with van der Waals surface area (Å²) >= 11 is 0. The fourth-order valence-corrected chi connectivity index (χ4v) is 4.58. The van der Waals surface area contributed by atoms with E-state index in [1.807, 2.05) is 66.7 Å². The van der Waals surface area contributed by atoms with Crippen LogP contribution in [0, 0.1) is 5.92 Å². The fourth-order valence-electron chi connectivity index (χ4n) is 4.58. The molecule has 186 valence electrons. The number of aliphatic imine (C=N–C) groups is 1. The molecule has 0 saturated heterocycles. The molecule has 0 heterocycles. The molecule has 0 aliphatic heterocycles. The first-order valence-corrected chi connectivity index (χ1v) is 12.5. The van der Waals surface area contributed by atoms with Gasteiger partial charge in [0, 0.05) is 17.3 Å². The fraction of sp³-hybridized carbons (Fsp3) is 0.406. The number of rotatable bonds is 6. The predicted molar refractivity (Wildman–Crippen MR) is 148 cm³/mol. The summed E-state index contributed by atoms with van der Waals surface area (Å²) in [7, 11) is 0. The highest BCUT2D eigenvalue weighted by molar-refractivity contribution is 5.85. The maximum atomic E-state index is 12.3. The molecule has 0 aliphatic rings. The second-order valence-electron chi connectivity index (χ2n) is 11.9. The first-order valence-electron chi connectivity index (χ1n) is 12.5. The Balaban J connectivity index is 2.21. The van der Waals surface area contributed by atoms with Gasteiger partial charge in [-0.15, -0.1) is 0 Å². The molecule has 3 aromatic rings. The number of nitrogens with zero attached hydrogens (tertiary/aromatic N) is 1. The van der Waals surface area contributed by atoms with Gasteiger partial charge in [-0.1, -0.05) is 122 Å². The molecule has 3 nitrogen and oxygen atoms in total. The molecule has 0 spiro atoms. The summed E-state index contributed by atoms with van der Waals surface area (Å²) in [4.78, 5) is 4.99. The number of benzene rings is 3. The van der Waals surface area contributed by atoms with E-state index in [-0.39, 0.29) is 22.5 Å². The molecule has 2 N–H and O–H groups in total. The average Bonchev–Trinajstić information content (AvgIpc) is 2.79. The monoisotopic (exact) mass is 471 g/mol. The molecule has 0 fully saturated rings. The van der Waals surface area contributed by atoms with Gasteiger partial charge in [0.05, 0.1) is 6.04 Å². The van der Waals surface area contributed by atoms with Crippen molar-refractivity contribution >= 4 is 6.21 Å². The molecule has 0 bridgehead atoms. The summed E-state index contributed by atoms with van der Waals surface area (Å²) in [5, 5.41) is 23.6. The van der Waals surface area contributed by atoms with Crippen LogP contribution in [0.3, 0.4) is 0 Å². The summed E-state index contributed by atoms with van der Waals surface area (Å²) < 4.78 is 0. The van der Waals surface area contributed by atoms with Gasteiger partial charge >= 0.3 is 0 Å². The SMILES string of the molecule is CC(C)[C@H](N=Cc1cc(C(C)(C)C)cc(C(C)(C)C)c1O)C(O)(c1ccccc1)c1ccccc1. The van der Waals surface area contributed by atoms with E-state index < -0.39 is 11.6 Å². The highest BCUT2D eigenvalue weighted by Crippen LogP contribution is 2.40. The third-order valence-electron chi connectivity index (χ3n) is 6.67. The Morgan fingerprint density at radius 3 is 1.60 bits per heavy atom. The van der Waals surface area contributed by atoms with Crippen LogP contribution in [-0.4, -0.2) is 22.5 Å². The van der Waals surface area contributed by atoms with Crippen molar-refractivity contribution in [2.24, 2.45) is 10.9 Å². The molecule has 0 unspecified atom stereocenters. The zero-order valence-electron chi connectivity index (χ0n) is 22.5. The zero-order chi connectivity index (χ0) is 26.0. The largest absolute Gasteiger partial charge is 0.507 e. The Morgan fingerprint density at radius 2 is 1.20 bits per heavy atom. The molecular formula is C32H41NO2. The highest BCUT2D eigenvalue weighted by atomic mass is 16.3. The lowest BCUT2D eigenvalue weighted by molar-refractivity contribution is 0.0366. The lowest BCUT2D eigenvalue weighted by Gasteiger charge is -2.37. The third-order valence-corrected chi connectivity index (χ3v) is 6.67. The van der Waals surface area contributed by atoms with Crippen LogP contribution >= 0.6 is 0 Å². The van der Waals surface area contributed by atoms with Crippen LogP contribution in [0.1, 0.15) is 83.2 Å². The standard InChI is InChI=1S/C32H41NO2/c1-22(2)29(32(35,24-15-11-9-12-16-24)25-17-13-10-14-18-25)33-21-23-19-26(30(3,4)5)20-27(28(23)34)31(6,7)8/h9-22,29,34-35H,1-8H3/t29-/m0/s1. The topological polar surface area (TPSA) is 52.8 Å². The Bertz CT molecular complexity index is 1110. The minimum atomic E-state index is -1.32. The van der Waals surface area contributed by atoms with Crippen molar-refractivity contribution in [1.82, 2.24) is 0 Å². The summed E-state index contributed by atoms with van der Waals surface area (Å²) in [6.45, 7) is 17.0. The van der Waals surface area contributed by atoms with Gasteiger partial charge in [-0.05, 0) is 39.5 Å². The van der Waals surface area contributed by atoms with Crippen molar-refractivity contribution in [2.45, 2.75) is 77.9 Å². The van der Waals surface area contributed by atoms with E-state index >= 15 is 0 Å². The molecule has 0 radical (unpaired) electrons. The summed E-state index contributed by atoms with van der Waals surface area (Å²) in [6, 6.07) is 23.1. The molecule has 0 aromatic heterocycles. The third kappa shape index (κ3) is 5.67. The molecular weight excluding hydrogens is 430 g/mol. The van der Waals surface area contributed by atoms with E-state index in [2.05, 4.69) is 61.5 Å². The second kappa shape index (κ2) is 9.99. The van der Waals surface area contributed by atoms with E-state index in [0.29, 0.717) is 5.56 Å². The van der Waals surface area contributed by atoms with Crippen molar-refractivity contribution < 1.29 is 10.2 Å². The molecule has 3 rings (SSSR count). The Labute approximate surface area is 211 Å². The van der Waals surface area contributed by atoms with Gasteiger partial charge in [0.2, 0.25) is 0 Å². The van der Waals surface area contributed by atoms with Gasteiger partial charge in [0.15, 0.2) is 0 Å². The van der Waals surface area contributed by atoms with Crippen LogP contribution in [0.2, 0.25) is 0 Å². The first-order chi connectivity index (χ1) is 16.3. The van der Waals surface area contributed by atoms with Crippen molar-refractivity contribution in [2.75, 3.05) is 0 Å². The Kier molecular flexibility index (Phi) is 7.62. The number of phenolic OH excluding ortho intramolecular Hbond substituents is 1. The predicted octanol–water partition coefficient (Wildman–Crippen LogP) is 7.37. The maximum Gasteiger partial charge on any atom is 0.137 e. The second-order valence-corrected chi connectivity index (χ2v) is 11.9. The zero-order valence-corrected chi connectivity index (χ0v) is 22.5. The van der Waals surface area contributed by atoms with Gasteiger partial charge in [0.25, 0.3) is 0 Å². The van der Waals surface area contributed by atoms with Crippen LogP contribution in [0.25, 0.3) is 0 Å². The van der Waals surface area contributed by atoms with Gasteiger partial charge in [0.1, 0.15) is 11.4 Å². The molecule has 0 aliphatic carbocycles. The van der Waals surface area contributed by atoms with Crippen LogP contribution in [-0.2, 0) is 16.4 Å². The minimum Gasteiger partial charge on any atom is -0.507 e. The van der Waals surface area contributed by atoms with E-state index in [1.54, 1.807) is 6.21 Å². The summed E-state index contributed by atoms with van der Waals surface area (Å²) in [5.74, 6) is 0.284. The van der Waals surface area contributed by atoms with Crippen LogP contribution in [0.4, 0.5) is 0 Å². The number of hydrogen-bond donors (Lipinski definition) is 2. The first kappa shape index (κ1) is 26.7. The van der Waals surface area contributed by atoms with Gasteiger partial charge in [-0.25, -0.2) is 0 Å². The van der Waals surface area contributed by atoms with Gasteiger partial charge < -0.3 is 10.2 Å². The minimum absolute atomic E-state index is 0.0340.